The van der Waals surface area contributed by atoms with Gasteiger partial charge in [0.2, 0.25) is 0 Å². The number of ether oxygens (including phenoxy) is 1. The Morgan fingerprint density at radius 1 is 1.36 bits per heavy atom. The van der Waals surface area contributed by atoms with E-state index in [0.717, 1.165) is 6.54 Å². The summed E-state index contributed by atoms with van der Waals surface area (Å²) in [4.78, 5) is 10.9. The van der Waals surface area contributed by atoms with Gasteiger partial charge in [0.25, 0.3) is 0 Å². The van der Waals surface area contributed by atoms with Gasteiger partial charge in [-0.3, -0.25) is 4.79 Å². The lowest BCUT2D eigenvalue weighted by Crippen LogP contribution is -2.29. The first-order valence-corrected chi connectivity index (χ1v) is 5.50. The van der Waals surface area contributed by atoms with Gasteiger partial charge in [0.1, 0.15) is 0 Å². The largest absolute Gasteiger partial charge is 0.469 e. The van der Waals surface area contributed by atoms with Crippen LogP contribution in [0.15, 0.2) is 0 Å². The van der Waals surface area contributed by atoms with E-state index in [1.807, 2.05) is 6.92 Å². The molecule has 0 amide bonds. The smallest absolute Gasteiger partial charge is 0.307 e. The third kappa shape index (κ3) is 8.05. The van der Waals surface area contributed by atoms with Gasteiger partial charge in [-0.05, 0) is 19.9 Å². The number of carbonyl (C=O) groups is 1. The molecule has 3 nitrogen and oxygen atoms in total. The van der Waals surface area contributed by atoms with E-state index in [1.165, 1.54) is 32.8 Å². The summed E-state index contributed by atoms with van der Waals surface area (Å²) < 4.78 is 4.59. The maximum absolute atomic E-state index is 10.9. The first kappa shape index (κ1) is 13.4. The molecule has 0 aromatic rings. The van der Waals surface area contributed by atoms with E-state index in [-0.39, 0.29) is 12.0 Å². The Bertz CT molecular complexity index is 148. The molecular formula is C11H23NO2. The normalized spacial score (nSPS) is 12.5. The Labute approximate surface area is 87.2 Å². The summed E-state index contributed by atoms with van der Waals surface area (Å²) in [5, 5.41) is 3.31. The molecule has 1 atom stereocenters. The predicted octanol–water partition coefficient (Wildman–Crippen LogP) is 2.11. The highest BCUT2D eigenvalue weighted by Crippen LogP contribution is 1.98. The SMILES string of the molecule is CCCCCCN[C@@H](C)CC(=O)OC. The number of hydrogen-bond acceptors (Lipinski definition) is 3. The molecule has 0 aliphatic heterocycles. The molecule has 0 aliphatic carbocycles. The lowest BCUT2D eigenvalue weighted by atomic mass is 10.2. The van der Waals surface area contributed by atoms with Gasteiger partial charge in [-0.2, -0.15) is 0 Å². The second-order valence-electron chi connectivity index (χ2n) is 3.70. The van der Waals surface area contributed by atoms with Crippen LogP contribution in [0.2, 0.25) is 0 Å². The van der Waals surface area contributed by atoms with Crippen molar-refractivity contribution in [1.29, 1.82) is 0 Å². The first-order chi connectivity index (χ1) is 6.70. The summed E-state index contributed by atoms with van der Waals surface area (Å²) >= 11 is 0. The fraction of sp³-hybridized carbons (Fsp3) is 0.909. The molecule has 0 fully saturated rings. The molecule has 84 valence electrons. The van der Waals surface area contributed by atoms with Crippen LogP contribution in [0.25, 0.3) is 0 Å². The van der Waals surface area contributed by atoms with Crippen molar-refractivity contribution in [1.82, 2.24) is 5.32 Å². The molecule has 1 N–H and O–H groups in total. The highest BCUT2D eigenvalue weighted by Gasteiger charge is 2.07. The van der Waals surface area contributed by atoms with Crippen molar-refractivity contribution in [2.75, 3.05) is 13.7 Å². The van der Waals surface area contributed by atoms with E-state index in [1.54, 1.807) is 0 Å². The van der Waals surface area contributed by atoms with Crippen LogP contribution in [0.4, 0.5) is 0 Å². The van der Waals surface area contributed by atoms with Crippen molar-refractivity contribution < 1.29 is 9.53 Å². The molecule has 0 aromatic heterocycles. The summed E-state index contributed by atoms with van der Waals surface area (Å²) in [5.41, 5.74) is 0. The summed E-state index contributed by atoms with van der Waals surface area (Å²) in [5.74, 6) is -0.140. The number of unbranched alkanes of at least 4 members (excludes halogenated alkanes) is 3. The monoisotopic (exact) mass is 201 g/mol. The van der Waals surface area contributed by atoms with E-state index in [9.17, 15) is 4.79 Å². The van der Waals surface area contributed by atoms with Crippen LogP contribution in [-0.2, 0) is 9.53 Å². The van der Waals surface area contributed by atoms with Crippen LogP contribution < -0.4 is 5.32 Å². The molecule has 0 bridgehead atoms. The highest BCUT2D eigenvalue weighted by molar-refractivity contribution is 5.69. The molecule has 0 radical (unpaired) electrons. The van der Waals surface area contributed by atoms with Crippen molar-refractivity contribution >= 4 is 5.97 Å². The van der Waals surface area contributed by atoms with Crippen LogP contribution >= 0.6 is 0 Å². The molecule has 0 saturated heterocycles. The molecule has 0 rings (SSSR count). The summed E-state index contributed by atoms with van der Waals surface area (Å²) in [7, 11) is 1.43. The van der Waals surface area contributed by atoms with Crippen molar-refractivity contribution in [3.63, 3.8) is 0 Å². The third-order valence-corrected chi connectivity index (χ3v) is 2.22. The van der Waals surface area contributed by atoms with Crippen LogP contribution in [0.5, 0.6) is 0 Å². The molecule has 0 aromatic carbocycles. The van der Waals surface area contributed by atoms with Crippen LogP contribution in [0, 0.1) is 0 Å². The third-order valence-electron chi connectivity index (χ3n) is 2.22. The van der Waals surface area contributed by atoms with E-state index >= 15 is 0 Å². The van der Waals surface area contributed by atoms with Gasteiger partial charge in [0.05, 0.1) is 13.5 Å². The lowest BCUT2D eigenvalue weighted by molar-refractivity contribution is -0.141. The maximum atomic E-state index is 10.9. The van der Waals surface area contributed by atoms with Crippen LogP contribution in [0.3, 0.4) is 0 Å². The zero-order valence-corrected chi connectivity index (χ0v) is 9.64. The summed E-state index contributed by atoms with van der Waals surface area (Å²) in [6.45, 7) is 5.21. The number of hydrogen-bond donors (Lipinski definition) is 1. The molecule has 0 saturated carbocycles. The van der Waals surface area contributed by atoms with Gasteiger partial charge in [0, 0.05) is 6.04 Å². The first-order valence-electron chi connectivity index (χ1n) is 5.50. The standard InChI is InChI=1S/C11H23NO2/c1-4-5-6-7-8-12-10(2)9-11(13)14-3/h10,12H,4-9H2,1-3H3/t10-/m0/s1. The Morgan fingerprint density at radius 2 is 2.07 bits per heavy atom. The van der Waals surface area contributed by atoms with Gasteiger partial charge in [-0.15, -0.1) is 0 Å². The van der Waals surface area contributed by atoms with Crippen molar-refractivity contribution in [3.8, 4) is 0 Å². The van der Waals surface area contributed by atoms with Gasteiger partial charge < -0.3 is 10.1 Å². The Kier molecular flexibility index (Phi) is 8.64. The molecule has 14 heavy (non-hydrogen) atoms. The minimum atomic E-state index is -0.140. The molecule has 0 unspecified atom stereocenters. The van der Waals surface area contributed by atoms with E-state index < -0.39 is 0 Å². The molecule has 0 heterocycles. The lowest BCUT2D eigenvalue weighted by Gasteiger charge is -2.11. The maximum Gasteiger partial charge on any atom is 0.307 e. The summed E-state index contributed by atoms with van der Waals surface area (Å²) in [6.07, 6.45) is 5.49. The number of rotatable bonds is 8. The van der Waals surface area contributed by atoms with E-state index in [4.69, 9.17) is 0 Å². The fourth-order valence-electron chi connectivity index (χ4n) is 1.31. The van der Waals surface area contributed by atoms with Crippen LogP contribution in [0.1, 0.15) is 46.0 Å². The van der Waals surface area contributed by atoms with Crippen molar-refractivity contribution in [2.24, 2.45) is 0 Å². The van der Waals surface area contributed by atoms with Crippen LogP contribution in [-0.4, -0.2) is 25.7 Å². The van der Waals surface area contributed by atoms with E-state index in [2.05, 4.69) is 17.0 Å². The van der Waals surface area contributed by atoms with Gasteiger partial charge in [0.15, 0.2) is 0 Å². The Hall–Kier alpha value is -0.570. The minimum Gasteiger partial charge on any atom is -0.469 e. The highest BCUT2D eigenvalue weighted by atomic mass is 16.5. The number of esters is 1. The zero-order chi connectivity index (χ0) is 10.8. The number of nitrogens with one attached hydrogen (secondary N) is 1. The Morgan fingerprint density at radius 3 is 2.64 bits per heavy atom. The summed E-state index contributed by atoms with van der Waals surface area (Å²) in [6, 6.07) is 0.226. The molecular weight excluding hydrogens is 178 g/mol. The van der Waals surface area contributed by atoms with Crippen molar-refractivity contribution in [2.45, 2.75) is 52.0 Å². The predicted molar refractivity (Wildman–Crippen MR) is 58.2 cm³/mol. The molecule has 0 spiro atoms. The van der Waals surface area contributed by atoms with Gasteiger partial charge in [-0.1, -0.05) is 26.2 Å². The fourth-order valence-corrected chi connectivity index (χ4v) is 1.31. The minimum absolute atomic E-state index is 0.140. The average Bonchev–Trinajstić information content (AvgIpc) is 2.17. The topological polar surface area (TPSA) is 38.3 Å². The second-order valence-corrected chi connectivity index (χ2v) is 3.70. The Balaban J connectivity index is 3.26. The number of methoxy groups -OCH3 is 1. The van der Waals surface area contributed by atoms with Gasteiger partial charge in [-0.25, -0.2) is 0 Å². The van der Waals surface area contributed by atoms with E-state index in [0.29, 0.717) is 6.42 Å². The van der Waals surface area contributed by atoms with Crippen molar-refractivity contribution in [3.05, 3.63) is 0 Å². The second kappa shape index (κ2) is 9.00. The van der Waals surface area contributed by atoms with Gasteiger partial charge >= 0.3 is 5.97 Å². The molecule has 0 aliphatic rings. The average molecular weight is 201 g/mol. The zero-order valence-electron chi connectivity index (χ0n) is 9.64. The molecule has 3 heteroatoms. The quantitative estimate of drug-likeness (QED) is 0.483. The number of carbonyl (C=O) groups excluding carboxylic acids is 1.